The maximum Gasteiger partial charge on any atom is 0.305 e. The summed E-state index contributed by atoms with van der Waals surface area (Å²) in [6.07, 6.45) is 38.2. The van der Waals surface area contributed by atoms with Crippen molar-refractivity contribution < 1.29 is 33.2 Å². The summed E-state index contributed by atoms with van der Waals surface area (Å²) in [5.41, 5.74) is 0. The van der Waals surface area contributed by atoms with Crippen LogP contribution in [-0.4, -0.2) is 78.6 Å². The molecule has 0 aliphatic heterocycles. The second-order valence-electron chi connectivity index (χ2n) is 14.2. The molecule has 0 saturated carbocycles. The molecule has 0 aliphatic carbocycles. The van der Waals surface area contributed by atoms with Crippen LogP contribution in [0, 0.1) is 0 Å². The van der Waals surface area contributed by atoms with Crippen molar-refractivity contribution >= 4 is 5.97 Å². The molecule has 0 bridgehead atoms. The van der Waals surface area contributed by atoms with Crippen LogP contribution in [0.1, 0.15) is 200 Å². The van der Waals surface area contributed by atoms with Crippen molar-refractivity contribution in [3.63, 3.8) is 0 Å². The fourth-order valence-corrected chi connectivity index (χ4v) is 6.13. The maximum absolute atomic E-state index is 11.9. The zero-order chi connectivity index (χ0) is 36.1. The van der Waals surface area contributed by atoms with Crippen LogP contribution in [0.25, 0.3) is 0 Å². The van der Waals surface area contributed by atoms with E-state index in [2.05, 4.69) is 13.8 Å². The van der Waals surface area contributed by atoms with Crippen LogP contribution < -0.4 is 0 Å². The molecule has 0 saturated heterocycles. The molecule has 0 heterocycles. The van der Waals surface area contributed by atoms with Crippen molar-refractivity contribution in [1.82, 2.24) is 0 Å². The number of hydrogen-bond donors (Lipinski definition) is 0. The molecule has 0 atom stereocenters. The van der Waals surface area contributed by atoms with Crippen LogP contribution >= 0.6 is 0 Å². The quantitative estimate of drug-likeness (QED) is 0.0459. The van der Waals surface area contributed by atoms with E-state index in [1.165, 1.54) is 161 Å². The first kappa shape index (κ1) is 49.3. The van der Waals surface area contributed by atoms with E-state index >= 15 is 0 Å². The van der Waals surface area contributed by atoms with E-state index in [4.69, 9.17) is 28.4 Å². The molecule has 0 aromatic rings. The van der Waals surface area contributed by atoms with Crippen LogP contribution in [-0.2, 0) is 33.2 Å². The average Bonchev–Trinajstić information content (AvgIpc) is 3.12. The first-order valence-corrected chi connectivity index (χ1v) is 21.9. The molecular formula is C43H86O7. The van der Waals surface area contributed by atoms with Crippen LogP contribution in [0.4, 0.5) is 0 Å². The SMILES string of the molecule is CCCCCCCCCCCCCCCCCC(=O)OCCOCCOCCOCCOCCOCCCCCCCCCCCCCCC. The number of rotatable bonds is 45. The highest BCUT2D eigenvalue weighted by Gasteiger charge is 2.03. The Kier molecular flexibility index (Phi) is 45.6. The highest BCUT2D eigenvalue weighted by atomic mass is 16.6. The van der Waals surface area contributed by atoms with Crippen molar-refractivity contribution in [2.45, 2.75) is 200 Å². The van der Waals surface area contributed by atoms with Gasteiger partial charge in [-0.2, -0.15) is 0 Å². The van der Waals surface area contributed by atoms with Gasteiger partial charge in [0.1, 0.15) is 6.61 Å². The molecule has 0 spiro atoms. The van der Waals surface area contributed by atoms with E-state index < -0.39 is 0 Å². The van der Waals surface area contributed by atoms with Crippen molar-refractivity contribution in [3.05, 3.63) is 0 Å². The van der Waals surface area contributed by atoms with Crippen LogP contribution in [0.15, 0.2) is 0 Å². The summed E-state index contributed by atoms with van der Waals surface area (Å²) in [6, 6.07) is 0. The lowest BCUT2D eigenvalue weighted by molar-refractivity contribution is -0.145. The summed E-state index contributed by atoms with van der Waals surface area (Å²) in [7, 11) is 0. The lowest BCUT2D eigenvalue weighted by atomic mass is 10.0. The van der Waals surface area contributed by atoms with Crippen molar-refractivity contribution in [2.75, 3.05) is 72.7 Å². The third-order valence-corrected chi connectivity index (χ3v) is 9.36. The molecular weight excluding hydrogens is 628 g/mol. The second-order valence-corrected chi connectivity index (χ2v) is 14.2. The van der Waals surface area contributed by atoms with Gasteiger partial charge in [0.15, 0.2) is 0 Å². The summed E-state index contributed by atoms with van der Waals surface area (Å²) in [5.74, 6) is -0.113. The maximum atomic E-state index is 11.9. The first-order valence-electron chi connectivity index (χ1n) is 21.9. The fourth-order valence-electron chi connectivity index (χ4n) is 6.13. The van der Waals surface area contributed by atoms with Gasteiger partial charge in [-0.3, -0.25) is 4.79 Å². The van der Waals surface area contributed by atoms with E-state index in [0.29, 0.717) is 72.5 Å². The van der Waals surface area contributed by atoms with Gasteiger partial charge in [-0.25, -0.2) is 0 Å². The summed E-state index contributed by atoms with van der Waals surface area (Å²) < 4.78 is 33.1. The number of carbonyl (C=O) groups is 1. The Balaban J connectivity index is 3.13. The molecule has 0 amide bonds. The highest BCUT2D eigenvalue weighted by Crippen LogP contribution is 2.14. The third-order valence-electron chi connectivity index (χ3n) is 9.36. The smallest absolute Gasteiger partial charge is 0.305 e. The van der Waals surface area contributed by atoms with Crippen molar-refractivity contribution in [3.8, 4) is 0 Å². The van der Waals surface area contributed by atoms with Gasteiger partial charge in [0, 0.05) is 13.0 Å². The zero-order valence-electron chi connectivity index (χ0n) is 33.6. The fraction of sp³-hybridized carbons (Fsp3) is 0.977. The molecule has 0 aliphatic rings. The lowest BCUT2D eigenvalue weighted by Crippen LogP contribution is -2.15. The van der Waals surface area contributed by atoms with E-state index in [0.717, 1.165) is 25.9 Å². The molecule has 0 N–H and O–H groups in total. The Morgan fingerprint density at radius 1 is 0.280 bits per heavy atom. The standard InChI is InChI=1S/C43H86O7/c1-3-5-7-9-11-13-15-17-18-19-21-23-25-27-29-31-43(44)50-42-41-49-40-39-48-38-37-47-36-35-46-34-33-45-32-30-28-26-24-22-20-16-14-12-10-8-6-4-2/h3-42H2,1-2H3. The van der Waals surface area contributed by atoms with Gasteiger partial charge in [-0.1, -0.05) is 181 Å². The van der Waals surface area contributed by atoms with E-state index in [1.807, 2.05) is 0 Å². The minimum atomic E-state index is -0.113. The zero-order valence-corrected chi connectivity index (χ0v) is 33.6. The third kappa shape index (κ3) is 45.3. The minimum Gasteiger partial charge on any atom is -0.463 e. The molecule has 0 radical (unpaired) electrons. The van der Waals surface area contributed by atoms with Gasteiger partial charge in [0.2, 0.25) is 0 Å². The molecule has 50 heavy (non-hydrogen) atoms. The molecule has 0 fully saturated rings. The van der Waals surface area contributed by atoms with Crippen LogP contribution in [0.5, 0.6) is 0 Å². The summed E-state index contributed by atoms with van der Waals surface area (Å²) in [6.45, 7) is 10.6. The Hall–Kier alpha value is -0.730. The van der Waals surface area contributed by atoms with Crippen molar-refractivity contribution in [1.29, 1.82) is 0 Å². The number of carbonyl (C=O) groups excluding carboxylic acids is 1. The number of hydrogen-bond acceptors (Lipinski definition) is 7. The summed E-state index contributed by atoms with van der Waals surface area (Å²) in [5, 5.41) is 0. The van der Waals surface area contributed by atoms with Gasteiger partial charge < -0.3 is 28.4 Å². The van der Waals surface area contributed by atoms with E-state index in [-0.39, 0.29) is 5.97 Å². The normalized spacial score (nSPS) is 11.5. The monoisotopic (exact) mass is 715 g/mol. The molecule has 7 nitrogen and oxygen atoms in total. The molecule has 7 heteroatoms. The average molecular weight is 715 g/mol. The predicted molar refractivity (Wildman–Crippen MR) is 210 cm³/mol. The molecule has 0 unspecified atom stereocenters. The second kappa shape index (κ2) is 46.3. The summed E-state index contributed by atoms with van der Waals surface area (Å²) >= 11 is 0. The van der Waals surface area contributed by atoms with Gasteiger partial charge >= 0.3 is 5.97 Å². The molecule has 0 aromatic carbocycles. The van der Waals surface area contributed by atoms with Gasteiger partial charge in [-0.15, -0.1) is 0 Å². The van der Waals surface area contributed by atoms with E-state index in [1.54, 1.807) is 0 Å². The van der Waals surface area contributed by atoms with Crippen LogP contribution in [0.2, 0.25) is 0 Å². The Labute approximate surface area is 311 Å². The lowest BCUT2D eigenvalue weighted by Gasteiger charge is -2.08. The number of ether oxygens (including phenoxy) is 6. The van der Waals surface area contributed by atoms with Gasteiger partial charge in [-0.05, 0) is 12.8 Å². The van der Waals surface area contributed by atoms with Crippen molar-refractivity contribution in [2.24, 2.45) is 0 Å². The topological polar surface area (TPSA) is 72.5 Å². The van der Waals surface area contributed by atoms with Gasteiger partial charge in [0.05, 0.1) is 59.5 Å². The predicted octanol–water partition coefficient (Wildman–Crippen LogP) is 12.0. The highest BCUT2D eigenvalue weighted by molar-refractivity contribution is 5.69. The molecule has 0 aromatic heterocycles. The summed E-state index contributed by atoms with van der Waals surface area (Å²) in [4.78, 5) is 11.9. The Bertz CT molecular complexity index is 618. The number of unbranched alkanes of at least 4 members (excludes halogenated alkanes) is 26. The Morgan fingerprint density at radius 2 is 0.520 bits per heavy atom. The minimum absolute atomic E-state index is 0.113. The first-order chi connectivity index (χ1) is 24.8. The number of esters is 1. The molecule has 0 rings (SSSR count). The largest absolute Gasteiger partial charge is 0.463 e. The van der Waals surface area contributed by atoms with E-state index in [9.17, 15) is 4.79 Å². The Morgan fingerprint density at radius 3 is 0.840 bits per heavy atom. The van der Waals surface area contributed by atoms with Gasteiger partial charge in [0.25, 0.3) is 0 Å². The molecule has 300 valence electrons. The van der Waals surface area contributed by atoms with Crippen LogP contribution in [0.3, 0.4) is 0 Å².